The largest absolute Gasteiger partial charge is 0.215 e. The third-order valence-corrected chi connectivity index (χ3v) is 2.56. The number of hydrogen-bond acceptors (Lipinski definition) is 2. The standard InChI is InChI=1S/C6H14NO2S/c1-3-5-6-10(8,9)7-4-2/h7H,2-6H2,1H3. The van der Waals surface area contributed by atoms with Crippen molar-refractivity contribution in [2.24, 2.45) is 0 Å². The van der Waals surface area contributed by atoms with Crippen LogP contribution in [0.15, 0.2) is 0 Å². The first kappa shape index (κ1) is 9.91. The summed E-state index contributed by atoms with van der Waals surface area (Å²) in [5, 5.41) is 0. The van der Waals surface area contributed by atoms with Gasteiger partial charge in [-0.05, 0) is 13.3 Å². The third-order valence-electron chi connectivity index (χ3n) is 1.09. The molecule has 0 aromatic heterocycles. The molecular weight excluding hydrogens is 150 g/mol. The van der Waals surface area contributed by atoms with Gasteiger partial charge in [0, 0.05) is 6.54 Å². The Hall–Kier alpha value is -0.0900. The van der Waals surface area contributed by atoms with Gasteiger partial charge in [-0.25, -0.2) is 13.1 Å². The molecule has 0 aromatic carbocycles. The molecular formula is C6H14NO2S. The molecule has 0 aromatic rings. The molecule has 0 aliphatic heterocycles. The van der Waals surface area contributed by atoms with Crippen molar-refractivity contribution in [1.82, 2.24) is 4.72 Å². The highest BCUT2D eigenvalue weighted by atomic mass is 32.2. The molecule has 0 bridgehead atoms. The fraction of sp³-hybridized carbons (Fsp3) is 0.833. The van der Waals surface area contributed by atoms with Crippen molar-refractivity contribution in [3.8, 4) is 0 Å². The van der Waals surface area contributed by atoms with Crippen molar-refractivity contribution >= 4 is 10.0 Å². The van der Waals surface area contributed by atoms with Crippen LogP contribution in [0.25, 0.3) is 0 Å². The minimum Gasteiger partial charge on any atom is -0.215 e. The topological polar surface area (TPSA) is 46.2 Å². The van der Waals surface area contributed by atoms with E-state index in [2.05, 4.69) is 11.6 Å². The van der Waals surface area contributed by atoms with Crippen LogP contribution in [0.4, 0.5) is 0 Å². The van der Waals surface area contributed by atoms with Gasteiger partial charge in [0.2, 0.25) is 10.0 Å². The predicted molar refractivity (Wildman–Crippen MR) is 42.1 cm³/mol. The van der Waals surface area contributed by atoms with Crippen molar-refractivity contribution in [2.75, 3.05) is 12.3 Å². The maximum absolute atomic E-state index is 10.8. The maximum Gasteiger partial charge on any atom is 0.211 e. The van der Waals surface area contributed by atoms with Crippen LogP contribution in [-0.2, 0) is 10.0 Å². The SMILES string of the molecule is [CH2]CNS(=O)(=O)CCCC. The molecule has 1 radical (unpaired) electrons. The molecule has 1 N–H and O–H groups in total. The fourth-order valence-corrected chi connectivity index (χ4v) is 1.69. The molecule has 61 valence electrons. The van der Waals surface area contributed by atoms with Crippen LogP contribution in [0.2, 0.25) is 0 Å². The van der Waals surface area contributed by atoms with Gasteiger partial charge in [0.1, 0.15) is 0 Å². The van der Waals surface area contributed by atoms with E-state index < -0.39 is 10.0 Å². The lowest BCUT2D eigenvalue weighted by Crippen LogP contribution is -2.25. The van der Waals surface area contributed by atoms with Crippen LogP contribution in [0.5, 0.6) is 0 Å². The van der Waals surface area contributed by atoms with E-state index in [9.17, 15) is 8.42 Å². The predicted octanol–water partition coefficient (Wildman–Crippen LogP) is 0.540. The Morgan fingerprint density at radius 3 is 2.50 bits per heavy atom. The van der Waals surface area contributed by atoms with E-state index in [-0.39, 0.29) is 12.3 Å². The van der Waals surface area contributed by atoms with Crippen molar-refractivity contribution in [3.05, 3.63) is 6.92 Å². The second-order valence-corrected chi connectivity index (χ2v) is 3.99. The van der Waals surface area contributed by atoms with E-state index in [0.29, 0.717) is 0 Å². The van der Waals surface area contributed by atoms with Gasteiger partial charge < -0.3 is 0 Å². The van der Waals surface area contributed by atoms with Gasteiger partial charge in [-0.3, -0.25) is 0 Å². The molecule has 3 nitrogen and oxygen atoms in total. The van der Waals surface area contributed by atoms with E-state index in [1.165, 1.54) is 0 Å². The molecule has 10 heavy (non-hydrogen) atoms. The molecule has 0 spiro atoms. The Labute approximate surface area is 62.9 Å². The van der Waals surface area contributed by atoms with Crippen molar-refractivity contribution < 1.29 is 8.42 Å². The molecule has 0 saturated heterocycles. The summed E-state index contributed by atoms with van der Waals surface area (Å²) in [6, 6.07) is 0. The zero-order valence-electron chi connectivity index (χ0n) is 6.26. The van der Waals surface area contributed by atoms with Crippen LogP contribution in [0, 0.1) is 6.92 Å². The Morgan fingerprint density at radius 2 is 2.10 bits per heavy atom. The highest BCUT2D eigenvalue weighted by Gasteiger charge is 2.05. The monoisotopic (exact) mass is 164 g/mol. The van der Waals surface area contributed by atoms with Crippen LogP contribution in [0.3, 0.4) is 0 Å². The van der Waals surface area contributed by atoms with E-state index in [1.807, 2.05) is 6.92 Å². The lowest BCUT2D eigenvalue weighted by atomic mass is 10.4. The zero-order chi connectivity index (χ0) is 8.04. The van der Waals surface area contributed by atoms with Crippen LogP contribution >= 0.6 is 0 Å². The highest BCUT2D eigenvalue weighted by Crippen LogP contribution is 1.91. The molecule has 0 amide bonds. The van der Waals surface area contributed by atoms with E-state index in [1.54, 1.807) is 0 Å². The highest BCUT2D eigenvalue weighted by molar-refractivity contribution is 7.89. The van der Waals surface area contributed by atoms with E-state index in [0.717, 1.165) is 12.8 Å². The molecule has 0 saturated carbocycles. The Balaban J connectivity index is 3.65. The molecule has 0 aliphatic rings. The Kier molecular flexibility index (Phi) is 4.64. The summed E-state index contributed by atoms with van der Waals surface area (Å²) < 4.78 is 24.0. The first-order chi connectivity index (χ1) is 4.62. The number of rotatable bonds is 5. The normalized spacial score (nSPS) is 11.8. The number of nitrogens with one attached hydrogen (secondary N) is 1. The summed E-state index contributed by atoms with van der Waals surface area (Å²) in [5.74, 6) is 0.221. The van der Waals surface area contributed by atoms with Gasteiger partial charge in [-0.15, -0.1) is 0 Å². The van der Waals surface area contributed by atoms with Gasteiger partial charge in [-0.1, -0.05) is 13.3 Å². The zero-order valence-corrected chi connectivity index (χ0v) is 7.08. The molecule has 0 atom stereocenters. The van der Waals surface area contributed by atoms with Gasteiger partial charge >= 0.3 is 0 Å². The third kappa shape index (κ3) is 4.76. The van der Waals surface area contributed by atoms with E-state index >= 15 is 0 Å². The molecule has 0 aliphatic carbocycles. The summed E-state index contributed by atoms with van der Waals surface area (Å²) in [6.07, 6.45) is 1.62. The minimum atomic E-state index is -3.01. The number of unbranched alkanes of at least 4 members (excludes halogenated alkanes) is 1. The molecule has 0 unspecified atom stereocenters. The minimum absolute atomic E-state index is 0.221. The van der Waals surface area contributed by atoms with Crippen LogP contribution in [-0.4, -0.2) is 20.7 Å². The summed E-state index contributed by atoms with van der Waals surface area (Å²) in [6.45, 7) is 5.59. The van der Waals surface area contributed by atoms with E-state index in [4.69, 9.17) is 0 Å². The van der Waals surface area contributed by atoms with Crippen LogP contribution < -0.4 is 4.72 Å². The number of sulfonamides is 1. The van der Waals surface area contributed by atoms with Gasteiger partial charge in [0.15, 0.2) is 0 Å². The molecule has 0 fully saturated rings. The molecule has 4 heteroatoms. The summed E-state index contributed by atoms with van der Waals surface area (Å²) in [7, 11) is -3.01. The fourth-order valence-electron chi connectivity index (χ4n) is 0.562. The van der Waals surface area contributed by atoms with Crippen molar-refractivity contribution in [1.29, 1.82) is 0 Å². The average Bonchev–Trinajstić information content (AvgIpc) is 1.84. The maximum atomic E-state index is 10.8. The number of hydrogen-bond donors (Lipinski definition) is 1. The van der Waals surface area contributed by atoms with Gasteiger partial charge in [-0.2, -0.15) is 0 Å². The van der Waals surface area contributed by atoms with Gasteiger partial charge in [0.25, 0.3) is 0 Å². The second kappa shape index (κ2) is 4.68. The summed E-state index contributed by atoms with van der Waals surface area (Å²) in [5.41, 5.74) is 0. The average molecular weight is 164 g/mol. The Morgan fingerprint density at radius 1 is 1.50 bits per heavy atom. The summed E-state index contributed by atoms with van der Waals surface area (Å²) >= 11 is 0. The van der Waals surface area contributed by atoms with Crippen molar-refractivity contribution in [3.63, 3.8) is 0 Å². The smallest absolute Gasteiger partial charge is 0.211 e. The first-order valence-corrected chi connectivity index (χ1v) is 5.04. The Bertz CT molecular complexity index is 163. The summed E-state index contributed by atoms with van der Waals surface area (Å²) in [4.78, 5) is 0. The quantitative estimate of drug-likeness (QED) is 0.644. The second-order valence-electron chi connectivity index (χ2n) is 2.07. The molecule has 0 rings (SSSR count). The van der Waals surface area contributed by atoms with Crippen LogP contribution in [0.1, 0.15) is 19.8 Å². The first-order valence-electron chi connectivity index (χ1n) is 3.39. The van der Waals surface area contributed by atoms with Gasteiger partial charge in [0.05, 0.1) is 5.75 Å². The lowest BCUT2D eigenvalue weighted by Gasteiger charge is -2.01. The lowest BCUT2D eigenvalue weighted by molar-refractivity contribution is 0.582. The molecule has 0 heterocycles. The van der Waals surface area contributed by atoms with Crippen molar-refractivity contribution in [2.45, 2.75) is 19.8 Å².